The van der Waals surface area contributed by atoms with Gasteiger partial charge in [0.1, 0.15) is 30.1 Å². The van der Waals surface area contributed by atoms with Crippen molar-refractivity contribution in [2.45, 2.75) is 90.1 Å². The number of nitriles is 1. The van der Waals surface area contributed by atoms with Crippen molar-refractivity contribution in [3.05, 3.63) is 24.2 Å². The first-order valence-corrected chi connectivity index (χ1v) is 12.8. The predicted molar refractivity (Wildman–Crippen MR) is 135 cm³/mol. The summed E-state index contributed by atoms with van der Waals surface area (Å²) in [4.78, 5) is 27.4. The van der Waals surface area contributed by atoms with E-state index in [1.807, 2.05) is 6.07 Å². The fraction of sp³-hybridized carbons (Fsp3) is 0.654. The molecule has 0 unspecified atom stereocenters. The number of nitrogen functional groups attached to an aromatic ring is 1. The van der Waals surface area contributed by atoms with Crippen LogP contribution in [-0.2, 0) is 34.1 Å². The van der Waals surface area contributed by atoms with E-state index >= 15 is 0 Å². The zero-order valence-corrected chi connectivity index (χ0v) is 22.4. The second-order valence-electron chi connectivity index (χ2n) is 10.5. The molecule has 38 heavy (non-hydrogen) atoms. The summed E-state index contributed by atoms with van der Waals surface area (Å²) in [5.74, 6) is -0.976. The Morgan fingerprint density at radius 2 is 1.87 bits per heavy atom. The van der Waals surface area contributed by atoms with Crippen molar-refractivity contribution < 1.29 is 33.6 Å². The molecule has 3 N–H and O–H groups in total. The molecule has 0 bridgehead atoms. The third-order valence-electron chi connectivity index (χ3n) is 6.43. The number of aliphatic hydroxyl groups excluding tert-OH is 1. The monoisotopic (exact) mass is 531 g/mol. The van der Waals surface area contributed by atoms with Gasteiger partial charge in [0, 0.05) is 6.92 Å². The van der Waals surface area contributed by atoms with Crippen LogP contribution in [0.4, 0.5) is 5.82 Å². The molecular weight excluding hydrogens is 494 g/mol. The highest BCUT2D eigenvalue weighted by Crippen LogP contribution is 2.41. The molecule has 3 heterocycles. The maximum absolute atomic E-state index is 11.9. The predicted octanol–water partition coefficient (Wildman–Crippen LogP) is 2.63. The summed E-state index contributed by atoms with van der Waals surface area (Å²) >= 11 is 0. The van der Waals surface area contributed by atoms with Crippen LogP contribution in [0.5, 0.6) is 0 Å². The highest BCUT2D eigenvalue weighted by molar-refractivity contribution is 5.75. The molecule has 1 aliphatic carbocycles. The second kappa shape index (κ2) is 12.5. The molecule has 0 aromatic carbocycles. The van der Waals surface area contributed by atoms with Crippen molar-refractivity contribution >= 4 is 23.3 Å². The van der Waals surface area contributed by atoms with E-state index in [0.717, 1.165) is 0 Å². The van der Waals surface area contributed by atoms with E-state index in [-0.39, 0.29) is 24.9 Å². The molecule has 0 radical (unpaired) electrons. The van der Waals surface area contributed by atoms with E-state index in [2.05, 4.69) is 10.1 Å². The third kappa shape index (κ3) is 6.59. The molecule has 2 aromatic rings. The molecule has 1 saturated heterocycles. The molecule has 12 nitrogen and oxygen atoms in total. The number of nitrogens with two attached hydrogens (primary N) is 1. The van der Waals surface area contributed by atoms with Crippen LogP contribution in [0.25, 0.3) is 5.52 Å². The van der Waals surface area contributed by atoms with Gasteiger partial charge in [-0.2, -0.15) is 10.4 Å². The molecule has 2 aliphatic rings. The van der Waals surface area contributed by atoms with Crippen LogP contribution in [-0.4, -0.2) is 63.4 Å². The maximum atomic E-state index is 11.9. The quantitative estimate of drug-likeness (QED) is 0.319. The Labute approximate surface area is 222 Å². The average Bonchev–Trinajstić information content (AvgIpc) is 3.43. The number of hydrogen-bond donors (Lipinski definition) is 2. The number of fused-ring (bicyclic) bond motifs is 1. The minimum absolute atomic E-state index is 0.170. The number of rotatable bonds is 6. The molecule has 0 spiro atoms. The van der Waals surface area contributed by atoms with Crippen molar-refractivity contribution in [1.82, 2.24) is 14.6 Å². The summed E-state index contributed by atoms with van der Waals surface area (Å²) in [6.07, 6.45) is 6.37. The summed E-state index contributed by atoms with van der Waals surface area (Å²) in [6, 6.07) is 5.08. The smallest absolute Gasteiger partial charge is 0.313 e. The van der Waals surface area contributed by atoms with Gasteiger partial charge in [-0.25, -0.2) is 9.50 Å². The van der Waals surface area contributed by atoms with Gasteiger partial charge >= 0.3 is 11.9 Å². The Hall–Kier alpha value is -3.27. The summed E-state index contributed by atoms with van der Waals surface area (Å²) in [5.41, 5.74) is 3.79. The van der Waals surface area contributed by atoms with Crippen LogP contribution in [0.15, 0.2) is 18.5 Å². The van der Waals surface area contributed by atoms with Gasteiger partial charge in [0.15, 0.2) is 18.7 Å². The number of anilines is 1. The second-order valence-corrected chi connectivity index (χ2v) is 10.5. The average molecular weight is 532 g/mol. The molecule has 4 rings (SSSR count). The lowest BCUT2D eigenvalue weighted by Gasteiger charge is -2.24. The van der Waals surface area contributed by atoms with Crippen LogP contribution in [0, 0.1) is 16.7 Å². The molecule has 1 saturated carbocycles. The fourth-order valence-electron chi connectivity index (χ4n) is 4.40. The Morgan fingerprint density at radius 1 is 1.24 bits per heavy atom. The number of aromatic nitrogens is 3. The van der Waals surface area contributed by atoms with Crippen molar-refractivity contribution in [2.75, 3.05) is 19.1 Å². The highest BCUT2D eigenvalue weighted by Gasteiger charge is 2.59. The topological polar surface area (TPSA) is 171 Å². The van der Waals surface area contributed by atoms with E-state index in [9.17, 15) is 20.0 Å². The molecule has 0 amide bonds. The first kappa shape index (κ1) is 29.3. The number of nitrogens with zero attached hydrogens (tertiary/aromatic N) is 4. The minimum Gasteiger partial charge on any atom is -0.457 e. The zero-order chi connectivity index (χ0) is 27.9. The van der Waals surface area contributed by atoms with Crippen molar-refractivity contribution in [1.29, 1.82) is 5.26 Å². The van der Waals surface area contributed by atoms with E-state index in [0.29, 0.717) is 5.52 Å². The van der Waals surface area contributed by atoms with E-state index < -0.39 is 41.3 Å². The summed E-state index contributed by atoms with van der Waals surface area (Å²) in [7, 11) is 0. The maximum Gasteiger partial charge on any atom is 0.313 e. The Bertz CT molecular complexity index is 1140. The molecule has 2 aromatic heterocycles. The molecule has 2 fully saturated rings. The van der Waals surface area contributed by atoms with Gasteiger partial charge in [0.2, 0.25) is 5.60 Å². The van der Waals surface area contributed by atoms with E-state index in [1.165, 1.54) is 62.4 Å². The molecule has 12 heteroatoms. The Kier molecular flexibility index (Phi) is 9.65. The number of hydrogen-bond acceptors (Lipinski definition) is 11. The first-order valence-electron chi connectivity index (χ1n) is 12.8. The fourth-order valence-corrected chi connectivity index (χ4v) is 4.40. The lowest BCUT2D eigenvalue weighted by atomic mass is 9.92. The van der Waals surface area contributed by atoms with Crippen molar-refractivity contribution in [3.8, 4) is 6.07 Å². The molecule has 1 aliphatic heterocycles. The Morgan fingerprint density at radius 3 is 2.42 bits per heavy atom. The Balaban J connectivity index is 0.000000585. The van der Waals surface area contributed by atoms with Crippen LogP contribution < -0.4 is 5.73 Å². The van der Waals surface area contributed by atoms with Gasteiger partial charge in [-0.3, -0.25) is 9.59 Å². The zero-order valence-electron chi connectivity index (χ0n) is 22.4. The number of carbonyl (C=O) groups excluding carboxylic acids is 2. The van der Waals surface area contributed by atoms with Crippen LogP contribution in [0.1, 0.15) is 71.9 Å². The third-order valence-corrected chi connectivity index (χ3v) is 6.43. The molecular formula is C26H37N5O7. The van der Waals surface area contributed by atoms with Gasteiger partial charge in [-0.15, -0.1) is 0 Å². The summed E-state index contributed by atoms with van der Waals surface area (Å²) in [6.45, 7) is 5.65. The number of ether oxygens (including phenoxy) is 4. The molecule has 208 valence electrons. The normalized spacial score (nSPS) is 25.2. The van der Waals surface area contributed by atoms with Crippen molar-refractivity contribution in [2.24, 2.45) is 5.41 Å². The SMILES string of the molecule is C1CCCCC1.CC(=O)O[C@H]1[C@@H](O)[C@](C#N)(c2ccc3c(N)ncnn23)O[C@@H]1COCOC(=O)C(C)(C)C. The number of esters is 2. The van der Waals surface area contributed by atoms with Gasteiger partial charge in [-0.1, -0.05) is 38.5 Å². The van der Waals surface area contributed by atoms with Gasteiger partial charge < -0.3 is 29.8 Å². The standard InChI is InChI=1S/C20H25N5O7.C6H12/c1-11(26)31-15-13(7-29-10-30-18(28)19(2,3)4)32-20(8-21,16(15)27)14-6-5-12-17(22)23-9-24-25(12)14;1-2-4-6-5-3-1/h5-6,9,13,15-16,27H,7,10H2,1-4H3,(H2,22,23,24);1-6H2/t13-,15-,16-,20+;/m1./s1. The summed E-state index contributed by atoms with van der Waals surface area (Å²) in [5, 5.41) is 25.1. The summed E-state index contributed by atoms with van der Waals surface area (Å²) < 4.78 is 22.9. The van der Waals surface area contributed by atoms with E-state index in [4.69, 9.17) is 24.7 Å². The van der Waals surface area contributed by atoms with Crippen molar-refractivity contribution in [3.63, 3.8) is 0 Å². The van der Waals surface area contributed by atoms with Gasteiger partial charge in [-0.05, 0) is 32.9 Å². The minimum atomic E-state index is -1.94. The van der Waals surface area contributed by atoms with Crippen LogP contribution in [0.2, 0.25) is 0 Å². The number of aliphatic hydroxyl groups is 1. The number of carbonyl (C=O) groups is 2. The first-order chi connectivity index (χ1) is 18.0. The highest BCUT2D eigenvalue weighted by atomic mass is 16.7. The van der Waals surface area contributed by atoms with E-state index in [1.54, 1.807) is 26.8 Å². The van der Waals surface area contributed by atoms with Crippen LogP contribution >= 0.6 is 0 Å². The van der Waals surface area contributed by atoms with Gasteiger partial charge in [0.25, 0.3) is 0 Å². The van der Waals surface area contributed by atoms with Crippen LogP contribution in [0.3, 0.4) is 0 Å². The lowest BCUT2D eigenvalue weighted by Crippen LogP contribution is -2.43. The largest absolute Gasteiger partial charge is 0.457 e. The molecule has 4 atom stereocenters. The lowest BCUT2D eigenvalue weighted by molar-refractivity contribution is -0.172. The van der Waals surface area contributed by atoms with Gasteiger partial charge in [0.05, 0.1) is 17.7 Å².